The van der Waals surface area contributed by atoms with Crippen LogP contribution in [0.2, 0.25) is 10.6 Å². The van der Waals surface area contributed by atoms with Gasteiger partial charge in [0.25, 0.3) is 0 Å². The van der Waals surface area contributed by atoms with E-state index in [0.29, 0.717) is 5.95 Å². The molecule has 72 valence electrons. The van der Waals surface area contributed by atoms with Crippen LogP contribution in [0.3, 0.4) is 0 Å². The average molecular weight is 221 g/mol. The van der Waals surface area contributed by atoms with E-state index in [1.165, 1.54) is 0 Å². The van der Waals surface area contributed by atoms with E-state index in [1.54, 1.807) is 0 Å². The van der Waals surface area contributed by atoms with E-state index in [1.807, 2.05) is 6.92 Å². The van der Waals surface area contributed by atoms with Crippen molar-refractivity contribution >= 4 is 29.2 Å². The fraction of sp³-hybridized carbons (Fsp3) is 0.571. The summed E-state index contributed by atoms with van der Waals surface area (Å²) in [6, 6.07) is 0.287. The Morgan fingerprint density at radius 2 is 1.77 bits per heavy atom. The first-order valence-electron chi connectivity index (χ1n) is 3.95. The first-order chi connectivity index (χ1) is 6.11. The van der Waals surface area contributed by atoms with Gasteiger partial charge in [0.2, 0.25) is 16.5 Å². The molecule has 1 atom stereocenters. The minimum absolute atomic E-state index is 0.103. The SMILES string of the molecule is CCC(C)Nc1nc(Cl)nc(Cl)n1. The number of hydrogen-bond donors (Lipinski definition) is 1. The number of anilines is 1. The number of halogens is 2. The molecule has 4 nitrogen and oxygen atoms in total. The molecule has 1 rings (SSSR count). The molecule has 0 saturated carbocycles. The van der Waals surface area contributed by atoms with E-state index in [-0.39, 0.29) is 16.6 Å². The monoisotopic (exact) mass is 220 g/mol. The number of hydrogen-bond acceptors (Lipinski definition) is 4. The lowest BCUT2D eigenvalue weighted by molar-refractivity contribution is 0.750. The summed E-state index contributed by atoms with van der Waals surface area (Å²) >= 11 is 11.2. The maximum absolute atomic E-state index is 5.59. The van der Waals surface area contributed by atoms with Crippen LogP contribution in [0.4, 0.5) is 5.95 Å². The molecule has 6 heteroatoms. The Kier molecular flexibility index (Phi) is 3.69. The van der Waals surface area contributed by atoms with Crippen LogP contribution in [0.25, 0.3) is 0 Å². The Morgan fingerprint density at radius 3 is 2.23 bits per heavy atom. The first kappa shape index (κ1) is 10.5. The molecular formula is C7H10Cl2N4. The van der Waals surface area contributed by atoms with E-state index < -0.39 is 0 Å². The van der Waals surface area contributed by atoms with Crippen molar-refractivity contribution in [1.82, 2.24) is 15.0 Å². The smallest absolute Gasteiger partial charge is 0.228 e. The van der Waals surface area contributed by atoms with Gasteiger partial charge in [-0.15, -0.1) is 0 Å². The minimum Gasteiger partial charge on any atom is -0.352 e. The van der Waals surface area contributed by atoms with E-state index in [0.717, 1.165) is 6.42 Å². The zero-order valence-electron chi connectivity index (χ0n) is 7.38. The van der Waals surface area contributed by atoms with Gasteiger partial charge in [0.1, 0.15) is 0 Å². The molecule has 0 aliphatic rings. The average Bonchev–Trinajstić information content (AvgIpc) is 2.02. The fourth-order valence-electron chi connectivity index (χ4n) is 0.713. The molecule has 0 amide bonds. The Labute approximate surface area is 86.7 Å². The molecule has 1 aromatic rings. The molecule has 0 spiro atoms. The van der Waals surface area contributed by atoms with Crippen LogP contribution in [0.15, 0.2) is 0 Å². The second kappa shape index (κ2) is 4.58. The van der Waals surface area contributed by atoms with Crippen molar-refractivity contribution in [3.8, 4) is 0 Å². The zero-order valence-corrected chi connectivity index (χ0v) is 8.89. The summed E-state index contributed by atoms with van der Waals surface area (Å²) in [5, 5.41) is 3.25. The third kappa shape index (κ3) is 3.32. The molecule has 0 aromatic carbocycles. The molecule has 1 N–H and O–H groups in total. The Morgan fingerprint density at radius 1 is 1.23 bits per heavy atom. The third-order valence-corrected chi connectivity index (χ3v) is 1.91. The lowest BCUT2D eigenvalue weighted by Gasteiger charge is -2.10. The summed E-state index contributed by atoms with van der Waals surface area (Å²) < 4.78 is 0. The van der Waals surface area contributed by atoms with Crippen LogP contribution in [-0.2, 0) is 0 Å². The largest absolute Gasteiger partial charge is 0.352 e. The number of rotatable bonds is 3. The van der Waals surface area contributed by atoms with E-state index in [2.05, 4.69) is 27.2 Å². The molecule has 1 aromatic heterocycles. The summed E-state index contributed by atoms with van der Waals surface area (Å²) in [5.74, 6) is 0.416. The highest BCUT2D eigenvalue weighted by atomic mass is 35.5. The molecule has 0 bridgehead atoms. The zero-order chi connectivity index (χ0) is 9.84. The van der Waals surface area contributed by atoms with E-state index in [4.69, 9.17) is 23.2 Å². The van der Waals surface area contributed by atoms with Crippen molar-refractivity contribution in [1.29, 1.82) is 0 Å². The van der Waals surface area contributed by atoms with Crippen LogP contribution >= 0.6 is 23.2 Å². The van der Waals surface area contributed by atoms with Crippen molar-refractivity contribution in [3.05, 3.63) is 10.6 Å². The number of aromatic nitrogens is 3. The second-order valence-electron chi connectivity index (χ2n) is 2.65. The van der Waals surface area contributed by atoms with Gasteiger partial charge in [-0.05, 0) is 36.5 Å². The van der Waals surface area contributed by atoms with Gasteiger partial charge in [0.15, 0.2) is 0 Å². The minimum atomic E-state index is 0.103. The van der Waals surface area contributed by atoms with Gasteiger partial charge in [0, 0.05) is 6.04 Å². The third-order valence-electron chi connectivity index (χ3n) is 1.57. The molecule has 0 radical (unpaired) electrons. The lowest BCUT2D eigenvalue weighted by Crippen LogP contribution is -2.16. The Balaban J connectivity index is 2.77. The van der Waals surface area contributed by atoms with Crippen molar-refractivity contribution in [3.63, 3.8) is 0 Å². The van der Waals surface area contributed by atoms with Crippen molar-refractivity contribution in [2.75, 3.05) is 5.32 Å². The maximum Gasteiger partial charge on any atom is 0.228 e. The summed E-state index contributed by atoms with van der Waals surface area (Å²) in [6.45, 7) is 4.08. The van der Waals surface area contributed by atoms with Gasteiger partial charge in [-0.1, -0.05) is 6.92 Å². The Hall–Kier alpha value is -0.610. The summed E-state index contributed by atoms with van der Waals surface area (Å²) in [4.78, 5) is 11.4. The van der Waals surface area contributed by atoms with E-state index >= 15 is 0 Å². The molecule has 1 heterocycles. The Bertz CT molecular complexity index is 272. The molecule has 0 aliphatic heterocycles. The molecule has 0 saturated heterocycles. The highest BCUT2D eigenvalue weighted by Gasteiger charge is 2.04. The molecule has 13 heavy (non-hydrogen) atoms. The van der Waals surface area contributed by atoms with Crippen LogP contribution in [0.5, 0.6) is 0 Å². The highest BCUT2D eigenvalue weighted by molar-refractivity contribution is 6.31. The van der Waals surface area contributed by atoms with Gasteiger partial charge < -0.3 is 5.32 Å². The maximum atomic E-state index is 5.59. The summed E-state index contributed by atoms with van der Waals surface area (Å²) in [7, 11) is 0. The van der Waals surface area contributed by atoms with Crippen LogP contribution in [-0.4, -0.2) is 21.0 Å². The number of nitrogens with one attached hydrogen (secondary N) is 1. The van der Waals surface area contributed by atoms with Crippen LogP contribution < -0.4 is 5.32 Å². The molecular weight excluding hydrogens is 211 g/mol. The van der Waals surface area contributed by atoms with Crippen molar-refractivity contribution in [2.45, 2.75) is 26.3 Å². The second-order valence-corrected chi connectivity index (χ2v) is 3.33. The summed E-state index contributed by atoms with van der Waals surface area (Å²) in [5.41, 5.74) is 0. The summed E-state index contributed by atoms with van der Waals surface area (Å²) in [6.07, 6.45) is 0.973. The van der Waals surface area contributed by atoms with Crippen molar-refractivity contribution in [2.24, 2.45) is 0 Å². The van der Waals surface area contributed by atoms with Gasteiger partial charge >= 0.3 is 0 Å². The normalized spacial score (nSPS) is 12.6. The van der Waals surface area contributed by atoms with Gasteiger partial charge in [-0.2, -0.15) is 15.0 Å². The van der Waals surface area contributed by atoms with Crippen molar-refractivity contribution < 1.29 is 0 Å². The van der Waals surface area contributed by atoms with E-state index in [9.17, 15) is 0 Å². The molecule has 0 fully saturated rings. The lowest BCUT2D eigenvalue weighted by atomic mass is 10.3. The fourth-order valence-corrected chi connectivity index (χ4v) is 1.08. The van der Waals surface area contributed by atoms with Gasteiger partial charge in [-0.25, -0.2) is 0 Å². The predicted octanol–water partition coefficient (Wildman–Crippen LogP) is 2.39. The number of nitrogens with zero attached hydrogens (tertiary/aromatic N) is 3. The predicted molar refractivity (Wildman–Crippen MR) is 53.2 cm³/mol. The molecule has 0 aliphatic carbocycles. The van der Waals surface area contributed by atoms with Crippen LogP contribution in [0, 0.1) is 0 Å². The topological polar surface area (TPSA) is 50.7 Å². The standard InChI is InChI=1S/C7H10Cl2N4/c1-3-4(2)10-7-12-5(8)11-6(9)13-7/h4H,3H2,1-2H3,(H,10,11,12,13). The van der Waals surface area contributed by atoms with Gasteiger partial charge in [0.05, 0.1) is 0 Å². The molecule has 1 unspecified atom stereocenters. The first-order valence-corrected chi connectivity index (χ1v) is 4.71. The van der Waals surface area contributed by atoms with Gasteiger partial charge in [-0.3, -0.25) is 0 Å². The quantitative estimate of drug-likeness (QED) is 0.851. The highest BCUT2D eigenvalue weighted by Crippen LogP contribution is 2.10. The van der Waals surface area contributed by atoms with Crippen LogP contribution in [0.1, 0.15) is 20.3 Å².